The van der Waals surface area contributed by atoms with Gasteiger partial charge in [-0.1, -0.05) is 18.2 Å². The van der Waals surface area contributed by atoms with Crippen LogP contribution in [0, 0.1) is 5.92 Å². The second kappa shape index (κ2) is 3.73. The Morgan fingerprint density at radius 2 is 2.16 bits per heavy atom. The van der Waals surface area contributed by atoms with Crippen molar-refractivity contribution in [2.45, 2.75) is 25.0 Å². The number of hydrogen-bond donors (Lipinski definition) is 1. The molecule has 5 heteroatoms. The van der Waals surface area contributed by atoms with Gasteiger partial charge in [-0.15, -0.1) is 0 Å². The quantitative estimate of drug-likeness (QED) is 0.777. The Morgan fingerprint density at radius 3 is 2.84 bits per heavy atom. The van der Waals surface area contributed by atoms with Crippen molar-refractivity contribution >= 4 is 11.9 Å². The number of likely N-dealkylation sites (tertiary alicyclic amines) is 1. The minimum Gasteiger partial charge on any atom is -0.481 e. The fourth-order valence-electron chi connectivity index (χ4n) is 3.07. The van der Waals surface area contributed by atoms with E-state index >= 15 is 0 Å². The monoisotopic (exact) mass is 261 g/mol. The maximum absolute atomic E-state index is 12.3. The van der Waals surface area contributed by atoms with Crippen LogP contribution >= 0.6 is 0 Å². The molecular weight excluding hydrogens is 246 g/mol. The van der Waals surface area contributed by atoms with Crippen LogP contribution in [-0.2, 0) is 9.59 Å². The van der Waals surface area contributed by atoms with E-state index in [1.54, 1.807) is 7.05 Å². The normalized spacial score (nSPS) is 32.5. The molecule has 0 spiro atoms. The van der Waals surface area contributed by atoms with E-state index in [2.05, 4.69) is 0 Å². The first-order valence-corrected chi connectivity index (χ1v) is 6.22. The van der Waals surface area contributed by atoms with Gasteiger partial charge in [0.15, 0.2) is 5.72 Å². The number of piperidine rings is 1. The molecule has 2 heterocycles. The van der Waals surface area contributed by atoms with Crippen LogP contribution in [0.15, 0.2) is 24.3 Å². The fraction of sp³-hybridized carbons (Fsp3) is 0.429. The highest BCUT2D eigenvalue weighted by molar-refractivity contribution is 5.99. The first-order valence-electron chi connectivity index (χ1n) is 6.22. The Bertz CT molecular complexity index is 570. The highest BCUT2D eigenvalue weighted by Crippen LogP contribution is 2.49. The maximum Gasteiger partial charge on any atom is 0.316 e. The zero-order chi connectivity index (χ0) is 13.8. The molecule has 5 nitrogen and oxygen atoms in total. The molecular formula is C14H15NO4. The molecule has 3 rings (SSSR count). The third-order valence-corrected chi connectivity index (χ3v) is 4.22. The van der Waals surface area contributed by atoms with Gasteiger partial charge in [0.05, 0.1) is 0 Å². The van der Waals surface area contributed by atoms with Gasteiger partial charge in [0.25, 0.3) is 0 Å². The summed E-state index contributed by atoms with van der Waals surface area (Å²) in [5.74, 6) is -2.13. The third-order valence-electron chi connectivity index (χ3n) is 4.22. The van der Waals surface area contributed by atoms with E-state index in [0.29, 0.717) is 12.2 Å². The van der Waals surface area contributed by atoms with Crippen molar-refractivity contribution in [1.29, 1.82) is 0 Å². The van der Waals surface area contributed by atoms with E-state index in [4.69, 9.17) is 4.74 Å². The molecule has 0 unspecified atom stereocenters. The van der Waals surface area contributed by atoms with Gasteiger partial charge < -0.3 is 14.7 Å². The number of carbonyl (C=O) groups is 2. The summed E-state index contributed by atoms with van der Waals surface area (Å²) in [6.45, 7) is 1.83. The van der Waals surface area contributed by atoms with Crippen LogP contribution < -0.4 is 4.74 Å². The summed E-state index contributed by atoms with van der Waals surface area (Å²) >= 11 is 0. The number of amides is 1. The number of hydrogen-bond acceptors (Lipinski definition) is 3. The van der Waals surface area contributed by atoms with Crippen LogP contribution in [0.4, 0.5) is 0 Å². The van der Waals surface area contributed by atoms with Crippen molar-refractivity contribution in [1.82, 2.24) is 4.90 Å². The van der Waals surface area contributed by atoms with Crippen LogP contribution in [0.1, 0.15) is 24.8 Å². The molecule has 1 aromatic carbocycles. The van der Waals surface area contributed by atoms with Gasteiger partial charge in [-0.05, 0) is 18.6 Å². The van der Waals surface area contributed by atoms with E-state index in [1.165, 1.54) is 4.90 Å². The largest absolute Gasteiger partial charge is 0.481 e. The van der Waals surface area contributed by atoms with Crippen molar-refractivity contribution < 1.29 is 19.4 Å². The molecule has 0 radical (unpaired) electrons. The Labute approximate surface area is 110 Å². The average Bonchev–Trinajstić information content (AvgIpc) is 2.36. The van der Waals surface area contributed by atoms with Gasteiger partial charge in [0.2, 0.25) is 5.91 Å². The number of aliphatic carboxylic acids is 1. The van der Waals surface area contributed by atoms with Crippen molar-refractivity contribution in [3.8, 4) is 5.75 Å². The van der Waals surface area contributed by atoms with Gasteiger partial charge in [-0.3, -0.25) is 9.59 Å². The number of para-hydroxylation sites is 1. The number of carboxylic acid groups (broad SMARTS) is 1. The molecule has 19 heavy (non-hydrogen) atoms. The molecule has 2 bridgehead atoms. The highest BCUT2D eigenvalue weighted by atomic mass is 16.5. The topological polar surface area (TPSA) is 66.8 Å². The van der Waals surface area contributed by atoms with Gasteiger partial charge >= 0.3 is 5.97 Å². The molecule has 0 saturated carbocycles. The van der Waals surface area contributed by atoms with Gasteiger partial charge in [0, 0.05) is 19.4 Å². The summed E-state index contributed by atoms with van der Waals surface area (Å²) in [5, 5.41) is 9.36. The Hall–Kier alpha value is -2.04. The Morgan fingerprint density at radius 1 is 1.47 bits per heavy atom. The molecule has 2 aliphatic rings. The average molecular weight is 261 g/mol. The Balaban J connectivity index is 2.17. The van der Waals surface area contributed by atoms with Crippen LogP contribution in [0.25, 0.3) is 0 Å². The zero-order valence-electron chi connectivity index (χ0n) is 10.8. The predicted octanol–water partition coefficient (Wildman–Crippen LogP) is 1.44. The van der Waals surface area contributed by atoms with E-state index < -0.39 is 17.6 Å². The molecule has 1 N–H and O–H groups in total. The van der Waals surface area contributed by atoms with Crippen LogP contribution in [0.2, 0.25) is 0 Å². The molecule has 1 aromatic rings. The number of fused-ring (bicyclic) bond motifs is 4. The van der Waals surface area contributed by atoms with E-state index in [1.807, 2.05) is 31.2 Å². The summed E-state index contributed by atoms with van der Waals surface area (Å²) in [6, 6.07) is 7.35. The first kappa shape index (κ1) is 12.0. The second-order valence-electron chi connectivity index (χ2n) is 5.34. The smallest absolute Gasteiger partial charge is 0.316 e. The van der Waals surface area contributed by atoms with Crippen molar-refractivity contribution in [3.63, 3.8) is 0 Å². The molecule has 1 amide bonds. The lowest BCUT2D eigenvalue weighted by atomic mass is 9.74. The minimum absolute atomic E-state index is 0.323. The summed E-state index contributed by atoms with van der Waals surface area (Å²) < 4.78 is 5.91. The van der Waals surface area contributed by atoms with E-state index in [0.717, 1.165) is 5.56 Å². The summed E-state index contributed by atoms with van der Waals surface area (Å²) in [7, 11) is 1.60. The number of carboxylic acids is 1. The minimum atomic E-state index is -1.07. The maximum atomic E-state index is 12.3. The zero-order valence-corrected chi connectivity index (χ0v) is 10.8. The second-order valence-corrected chi connectivity index (χ2v) is 5.34. The Kier molecular flexibility index (Phi) is 2.36. The lowest BCUT2D eigenvalue weighted by Gasteiger charge is -2.51. The first-order chi connectivity index (χ1) is 8.94. The predicted molar refractivity (Wildman–Crippen MR) is 66.7 cm³/mol. The lowest BCUT2D eigenvalue weighted by molar-refractivity contribution is -0.176. The van der Waals surface area contributed by atoms with Crippen molar-refractivity contribution in [3.05, 3.63) is 29.8 Å². The highest BCUT2D eigenvalue weighted by Gasteiger charge is 2.54. The molecule has 1 fully saturated rings. The summed E-state index contributed by atoms with van der Waals surface area (Å²) in [4.78, 5) is 25.1. The number of rotatable bonds is 1. The number of ether oxygens (including phenoxy) is 1. The van der Waals surface area contributed by atoms with Gasteiger partial charge in [0.1, 0.15) is 11.7 Å². The molecule has 0 aliphatic carbocycles. The SMILES string of the molecule is CN1C(=O)[C@@H](C(=O)O)[C@@H]2C[C@]1(C)Oc1ccccc12. The number of nitrogens with zero attached hydrogens (tertiary/aromatic N) is 1. The van der Waals surface area contributed by atoms with E-state index in [-0.39, 0.29) is 11.8 Å². The molecule has 0 aromatic heterocycles. The number of benzene rings is 1. The van der Waals surface area contributed by atoms with Crippen molar-refractivity contribution in [2.75, 3.05) is 7.05 Å². The van der Waals surface area contributed by atoms with Crippen LogP contribution in [0.3, 0.4) is 0 Å². The van der Waals surface area contributed by atoms with Crippen molar-refractivity contribution in [2.24, 2.45) is 5.92 Å². The summed E-state index contributed by atoms with van der Waals surface area (Å²) in [5.41, 5.74) is 0.0519. The lowest BCUT2D eigenvalue weighted by Crippen LogP contribution is -2.62. The van der Waals surface area contributed by atoms with Crippen LogP contribution in [0.5, 0.6) is 5.75 Å². The molecule has 1 saturated heterocycles. The van der Waals surface area contributed by atoms with Crippen LogP contribution in [-0.4, -0.2) is 34.7 Å². The standard InChI is InChI=1S/C14H15NO4/c1-14-7-9(8-5-3-4-6-10(8)19-14)11(13(17)18)12(16)15(14)2/h3-6,9,11H,7H2,1-2H3,(H,17,18)/t9-,11+,14+/m1/s1. The summed E-state index contributed by atoms with van der Waals surface area (Å²) in [6.07, 6.45) is 0.503. The van der Waals surface area contributed by atoms with Gasteiger partial charge in [-0.25, -0.2) is 0 Å². The van der Waals surface area contributed by atoms with Gasteiger partial charge in [-0.2, -0.15) is 0 Å². The number of carbonyl (C=O) groups excluding carboxylic acids is 1. The molecule has 2 aliphatic heterocycles. The fourth-order valence-corrected chi connectivity index (χ4v) is 3.07. The molecule has 100 valence electrons. The third kappa shape index (κ3) is 1.54. The van der Waals surface area contributed by atoms with E-state index in [9.17, 15) is 14.7 Å². The molecule has 3 atom stereocenters.